The van der Waals surface area contributed by atoms with Gasteiger partial charge in [-0.2, -0.15) is 0 Å². The number of aromatic nitrogens is 1. The molecule has 0 amide bonds. The van der Waals surface area contributed by atoms with Crippen molar-refractivity contribution in [1.82, 2.24) is 10.3 Å². The first-order valence-corrected chi connectivity index (χ1v) is 5.65. The third kappa shape index (κ3) is 1.82. The molecule has 0 spiro atoms. The summed E-state index contributed by atoms with van der Waals surface area (Å²) in [6.45, 7) is 0. The zero-order valence-electron chi connectivity index (χ0n) is 8.60. The fraction of sp³-hybridized carbons (Fsp3) is 0.154. The maximum Gasteiger partial charge on any atom is 0.0698 e. The predicted octanol–water partition coefficient (Wildman–Crippen LogP) is 3.12. The van der Waals surface area contributed by atoms with E-state index in [4.69, 9.17) is 11.6 Å². The van der Waals surface area contributed by atoms with Gasteiger partial charge in [0.05, 0.1) is 17.8 Å². The molecule has 1 aliphatic heterocycles. The Hall–Kier alpha value is -1.38. The second kappa shape index (κ2) is 3.89. The number of benzene rings is 1. The van der Waals surface area contributed by atoms with E-state index in [9.17, 15) is 0 Å². The van der Waals surface area contributed by atoms with E-state index < -0.39 is 0 Å². The Labute approximate surface area is 99.3 Å². The largest absolute Gasteiger partial charge is 0.298 e. The molecule has 1 aliphatic rings. The fourth-order valence-electron chi connectivity index (χ4n) is 1.91. The number of nitrogens with one attached hydrogen (secondary N) is 1. The lowest BCUT2D eigenvalue weighted by atomic mass is 10.1. The fourth-order valence-corrected chi connectivity index (χ4v) is 2.04. The average Bonchev–Trinajstić information content (AvgIpc) is 3.11. The summed E-state index contributed by atoms with van der Waals surface area (Å²) in [6.07, 6.45) is 1.83. The van der Waals surface area contributed by atoms with Gasteiger partial charge < -0.3 is 0 Å². The van der Waals surface area contributed by atoms with Crippen LogP contribution >= 0.6 is 11.6 Å². The number of pyridine rings is 1. The molecule has 3 rings (SSSR count). The van der Waals surface area contributed by atoms with Crippen LogP contribution < -0.4 is 5.32 Å². The topological polar surface area (TPSA) is 34.8 Å². The molecule has 0 aliphatic carbocycles. The molecule has 2 atom stereocenters. The normalized spacial score (nSPS) is 23.1. The van der Waals surface area contributed by atoms with Crippen LogP contribution in [0.1, 0.15) is 23.3 Å². The Morgan fingerprint density at radius 3 is 2.50 bits per heavy atom. The first kappa shape index (κ1) is 9.82. The number of hydrogen-bond acceptors (Lipinski definition) is 2. The third-order valence-electron chi connectivity index (χ3n) is 2.82. The van der Waals surface area contributed by atoms with Crippen molar-refractivity contribution in [1.29, 1.82) is 0 Å². The molecule has 80 valence electrons. The zero-order valence-corrected chi connectivity index (χ0v) is 9.35. The third-order valence-corrected chi connectivity index (χ3v) is 3.07. The van der Waals surface area contributed by atoms with Crippen LogP contribution in [0.25, 0.3) is 0 Å². The number of halogens is 1. The van der Waals surface area contributed by atoms with Crippen LogP contribution in [-0.4, -0.2) is 4.98 Å². The Balaban J connectivity index is 1.79. The van der Waals surface area contributed by atoms with E-state index in [-0.39, 0.29) is 0 Å². The standard InChI is InChI=1S/C13H11ClN2/c14-10-6-4-9(5-7-10)12-13(16-12)11-3-1-2-8-15-11/h1-8,12-13,16H/t12-,13-/m1/s1. The zero-order chi connectivity index (χ0) is 11.0. The van der Waals surface area contributed by atoms with Crippen molar-refractivity contribution >= 4 is 11.6 Å². The maximum atomic E-state index is 5.86. The van der Waals surface area contributed by atoms with Gasteiger partial charge in [-0.3, -0.25) is 10.3 Å². The molecule has 3 heteroatoms. The van der Waals surface area contributed by atoms with Crippen LogP contribution in [0, 0.1) is 0 Å². The van der Waals surface area contributed by atoms with Crippen LogP contribution in [0.4, 0.5) is 0 Å². The quantitative estimate of drug-likeness (QED) is 0.805. The van der Waals surface area contributed by atoms with Gasteiger partial charge in [0.25, 0.3) is 0 Å². The summed E-state index contributed by atoms with van der Waals surface area (Å²) < 4.78 is 0. The molecule has 16 heavy (non-hydrogen) atoms. The highest BCUT2D eigenvalue weighted by molar-refractivity contribution is 6.30. The lowest BCUT2D eigenvalue weighted by Crippen LogP contribution is -1.87. The Kier molecular flexibility index (Phi) is 2.39. The molecule has 1 aromatic carbocycles. The first-order valence-electron chi connectivity index (χ1n) is 5.27. The molecule has 2 heterocycles. The Morgan fingerprint density at radius 1 is 1.00 bits per heavy atom. The van der Waals surface area contributed by atoms with E-state index in [2.05, 4.69) is 22.4 Å². The molecule has 0 bridgehead atoms. The van der Waals surface area contributed by atoms with Crippen molar-refractivity contribution in [2.24, 2.45) is 0 Å². The van der Waals surface area contributed by atoms with Crippen LogP contribution in [0.5, 0.6) is 0 Å². The van der Waals surface area contributed by atoms with E-state index in [1.54, 1.807) is 0 Å². The number of nitrogens with zero attached hydrogens (tertiary/aromatic N) is 1. The van der Waals surface area contributed by atoms with Crippen molar-refractivity contribution < 1.29 is 0 Å². The lowest BCUT2D eigenvalue weighted by molar-refractivity contribution is 0.962. The Bertz CT molecular complexity index is 481. The molecular formula is C13H11ClN2. The number of hydrogen-bond donors (Lipinski definition) is 1. The molecule has 1 saturated heterocycles. The van der Waals surface area contributed by atoms with E-state index in [0.29, 0.717) is 12.1 Å². The number of rotatable bonds is 2. The van der Waals surface area contributed by atoms with Crippen molar-refractivity contribution in [2.45, 2.75) is 12.1 Å². The van der Waals surface area contributed by atoms with Crippen LogP contribution in [0.15, 0.2) is 48.7 Å². The summed E-state index contributed by atoms with van der Waals surface area (Å²) in [7, 11) is 0. The second-order valence-electron chi connectivity index (χ2n) is 3.93. The molecule has 0 radical (unpaired) electrons. The summed E-state index contributed by atoms with van der Waals surface area (Å²) in [5.41, 5.74) is 2.36. The van der Waals surface area contributed by atoms with Gasteiger partial charge in [0, 0.05) is 11.2 Å². The lowest BCUT2D eigenvalue weighted by Gasteiger charge is -1.98. The van der Waals surface area contributed by atoms with Gasteiger partial charge in [-0.1, -0.05) is 29.8 Å². The van der Waals surface area contributed by atoms with Gasteiger partial charge in [-0.15, -0.1) is 0 Å². The molecule has 1 fully saturated rings. The van der Waals surface area contributed by atoms with Gasteiger partial charge in [-0.05, 0) is 29.8 Å². The van der Waals surface area contributed by atoms with E-state index >= 15 is 0 Å². The summed E-state index contributed by atoms with van der Waals surface area (Å²) in [4.78, 5) is 4.35. The predicted molar refractivity (Wildman–Crippen MR) is 64.3 cm³/mol. The van der Waals surface area contributed by atoms with Crippen molar-refractivity contribution in [3.63, 3.8) is 0 Å². The monoisotopic (exact) mass is 230 g/mol. The van der Waals surface area contributed by atoms with Gasteiger partial charge in [0.1, 0.15) is 0 Å². The molecule has 0 saturated carbocycles. The van der Waals surface area contributed by atoms with Crippen molar-refractivity contribution in [3.05, 3.63) is 64.9 Å². The van der Waals surface area contributed by atoms with Crippen LogP contribution in [-0.2, 0) is 0 Å². The minimum Gasteiger partial charge on any atom is -0.298 e. The minimum atomic E-state index is 0.349. The highest BCUT2D eigenvalue weighted by atomic mass is 35.5. The van der Waals surface area contributed by atoms with Crippen LogP contribution in [0.3, 0.4) is 0 Å². The summed E-state index contributed by atoms with van der Waals surface area (Å²) >= 11 is 5.86. The minimum absolute atomic E-state index is 0.349. The average molecular weight is 231 g/mol. The van der Waals surface area contributed by atoms with Gasteiger partial charge in [-0.25, -0.2) is 0 Å². The highest BCUT2D eigenvalue weighted by Gasteiger charge is 2.39. The van der Waals surface area contributed by atoms with Crippen molar-refractivity contribution in [3.8, 4) is 0 Å². The smallest absolute Gasteiger partial charge is 0.0698 e. The molecular weight excluding hydrogens is 220 g/mol. The molecule has 0 unspecified atom stereocenters. The summed E-state index contributed by atoms with van der Waals surface area (Å²) in [5.74, 6) is 0. The van der Waals surface area contributed by atoms with E-state index in [1.807, 2.05) is 36.5 Å². The van der Waals surface area contributed by atoms with Gasteiger partial charge >= 0.3 is 0 Å². The SMILES string of the molecule is Clc1ccc([C@H]2N[C@@H]2c2ccccn2)cc1. The van der Waals surface area contributed by atoms with E-state index in [0.717, 1.165) is 10.7 Å². The second-order valence-corrected chi connectivity index (χ2v) is 4.36. The Morgan fingerprint density at radius 2 is 1.81 bits per heavy atom. The van der Waals surface area contributed by atoms with Gasteiger partial charge in [0.2, 0.25) is 0 Å². The van der Waals surface area contributed by atoms with Crippen molar-refractivity contribution in [2.75, 3.05) is 0 Å². The molecule has 2 aromatic rings. The van der Waals surface area contributed by atoms with Gasteiger partial charge in [0.15, 0.2) is 0 Å². The van der Waals surface area contributed by atoms with Crippen LogP contribution in [0.2, 0.25) is 5.02 Å². The first-order chi connectivity index (χ1) is 7.84. The maximum absolute atomic E-state index is 5.86. The summed E-state index contributed by atoms with van der Waals surface area (Å²) in [6, 6.07) is 14.7. The highest BCUT2D eigenvalue weighted by Crippen LogP contribution is 2.41. The molecule has 1 aromatic heterocycles. The molecule has 2 nitrogen and oxygen atoms in total. The molecule has 1 N–H and O–H groups in total. The van der Waals surface area contributed by atoms with E-state index in [1.165, 1.54) is 5.56 Å². The summed E-state index contributed by atoms with van der Waals surface area (Å²) in [5, 5.41) is 4.19.